The zero-order valence-electron chi connectivity index (χ0n) is 16.0. The van der Waals surface area contributed by atoms with Crippen LogP contribution in [0.3, 0.4) is 0 Å². The van der Waals surface area contributed by atoms with Gasteiger partial charge in [-0.2, -0.15) is 0 Å². The van der Waals surface area contributed by atoms with Crippen LogP contribution in [0.15, 0.2) is 54.6 Å². The first kappa shape index (κ1) is 16.8. The summed E-state index contributed by atoms with van der Waals surface area (Å²) in [7, 11) is 0. The standard InChI is InChI=1S/C23H22IN4/c1-3-16-17(4-2)26-22-21(25-16)27(14-10-6-5-7-11-14)23-20-19(24-20)15-12-8-9-13-18(15)28(22)23/h5-13,19-20,23H,3-4H2,1-2H3/q-1. The van der Waals surface area contributed by atoms with E-state index in [1.54, 1.807) is 0 Å². The van der Waals surface area contributed by atoms with E-state index < -0.39 is 0 Å². The predicted molar refractivity (Wildman–Crippen MR) is 108 cm³/mol. The molecule has 142 valence electrons. The van der Waals surface area contributed by atoms with Gasteiger partial charge in [0.05, 0.1) is 0 Å². The summed E-state index contributed by atoms with van der Waals surface area (Å²) in [4.78, 5) is 15.3. The Labute approximate surface area is 175 Å². The average molecular weight is 481 g/mol. The van der Waals surface area contributed by atoms with Crippen LogP contribution in [0, 0.1) is 0 Å². The summed E-state index contributed by atoms with van der Waals surface area (Å²) in [5, 5.41) is 0. The summed E-state index contributed by atoms with van der Waals surface area (Å²) in [5.41, 5.74) is 6.37. The molecule has 3 aliphatic heterocycles. The SMILES string of the molecule is CCc1nc2c(nc1CC)N1c3ccccc3C3[I-]C3C1N2c1ccccc1. The van der Waals surface area contributed by atoms with E-state index in [0.29, 0.717) is 6.17 Å². The van der Waals surface area contributed by atoms with Crippen molar-refractivity contribution in [3.8, 4) is 0 Å². The Morgan fingerprint density at radius 2 is 1.46 bits per heavy atom. The van der Waals surface area contributed by atoms with Gasteiger partial charge in [0.25, 0.3) is 0 Å². The van der Waals surface area contributed by atoms with Gasteiger partial charge in [-0.05, 0) is 0 Å². The Morgan fingerprint density at radius 3 is 2.18 bits per heavy atom. The van der Waals surface area contributed by atoms with Crippen LogP contribution in [0.25, 0.3) is 0 Å². The molecule has 0 amide bonds. The summed E-state index contributed by atoms with van der Waals surface area (Å²) in [6.45, 7) is 4.37. The van der Waals surface area contributed by atoms with E-state index >= 15 is 0 Å². The number of halogens is 1. The molecule has 6 rings (SSSR count). The Balaban J connectivity index is 1.62. The van der Waals surface area contributed by atoms with Crippen molar-refractivity contribution in [2.45, 2.75) is 40.7 Å². The molecule has 1 aromatic heterocycles. The maximum atomic E-state index is 5.19. The summed E-state index contributed by atoms with van der Waals surface area (Å²) >= 11 is 0.163. The molecule has 4 nitrogen and oxygen atoms in total. The number of anilines is 4. The maximum absolute atomic E-state index is 5.19. The molecule has 1 saturated heterocycles. The fourth-order valence-corrected chi connectivity index (χ4v) is 8.00. The number of hydrogen-bond acceptors (Lipinski definition) is 4. The molecule has 0 aliphatic carbocycles. The number of aryl methyl sites for hydroxylation is 2. The quantitative estimate of drug-likeness (QED) is 0.422. The molecular weight excluding hydrogens is 459 g/mol. The summed E-state index contributed by atoms with van der Waals surface area (Å²) in [6.07, 6.45) is 2.17. The van der Waals surface area contributed by atoms with Gasteiger partial charge in [-0.25, -0.2) is 0 Å². The van der Waals surface area contributed by atoms with Gasteiger partial charge in [0.15, 0.2) is 0 Å². The van der Waals surface area contributed by atoms with Crippen LogP contribution in [0.2, 0.25) is 0 Å². The number of rotatable bonds is 3. The van der Waals surface area contributed by atoms with E-state index in [4.69, 9.17) is 9.97 Å². The Hall–Kier alpha value is -2.15. The van der Waals surface area contributed by atoms with Gasteiger partial charge in [-0.1, -0.05) is 0 Å². The summed E-state index contributed by atoms with van der Waals surface area (Å²) in [5.74, 6) is 2.08. The van der Waals surface area contributed by atoms with Crippen molar-refractivity contribution in [2.75, 3.05) is 9.80 Å². The van der Waals surface area contributed by atoms with Crippen LogP contribution in [-0.4, -0.2) is 20.1 Å². The zero-order chi connectivity index (χ0) is 18.8. The molecule has 2 aromatic carbocycles. The molecule has 3 aromatic rings. The molecule has 0 spiro atoms. The van der Waals surface area contributed by atoms with Crippen LogP contribution < -0.4 is 31.0 Å². The van der Waals surface area contributed by atoms with Crippen LogP contribution in [-0.2, 0) is 12.8 Å². The second-order valence-corrected chi connectivity index (χ2v) is 11.0. The van der Waals surface area contributed by atoms with E-state index in [1.165, 1.54) is 16.9 Å². The predicted octanol–water partition coefficient (Wildman–Crippen LogP) is 1.74. The van der Waals surface area contributed by atoms with E-state index in [2.05, 4.69) is 78.2 Å². The summed E-state index contributed by atoms with van der Waals surface area (Å²) < 4.78 is 1.51. The second-order valence-electron chi connectivity index (χ2n) is 7.49. The van der Waals surface area contributed by atoms with Gasteiger partial charge in [-0.15, -0.1) is 0 Å². The fourth-order valence-electron chi connectivity index (χ4n) is 4.66. The number of fused-ring (bicyclic) bond motifs is 8. The normalized spacial score (nSPS) is 24.0. The molecule has 28 heavy (non-hydrogen) atoms. The van der Waals surface area contributed by atoms with Gasteiger partial charge in [0.2, 0.25) is 0 Å². The molecule has 3 unspecified atom stereocenters. The number of nitrogens with zero attached hydrogens (tertiary/aromatic N) is 4. The Bertz CT molecular complexity index is 1070. The zero-order valence-corrected chi connectivity index (χ0v) is 18.2. The van der Waals surface area contributed by atoms with Crippen molar-refractivity contribution < 1.29 is 21.2 Å². The van der Waals surface area contributed by atoms with E-state index in [9.17, 15) is 0 Å². The van der Waals surface area contributed by atoms with Gasteiger partial charge < -0.3 is 0 Å². The van der Waals surface area contributed by atoms with Crippen molar-refractivity contribution in [3.05, 3.63) is 71.5 Å². The van der Waals surface area contributed by atoms with Gasteiger partial charge >= 0.3 is 176 Å². The molecule has 3 aliphatic rings. The molecule has 4 heterocycles. The number of hydrogen-bond donors (Lipinski definition) is 0. The Kier molecular flexibility index (Phi) is 3.70. The van der Waals surface area contributed by atoms with E-state index in [0.717, 1.165) is 43.7 Å². The number of para-hydroxylation sites is 2. The molecular formula is C23H22IN4-. The van der Waals surface area contributed by atoms with Crippen LogP contribution >= 0.6 is 0 Å². The molecule has 5 heteroatoms. The van der Waals surface area contributed by atoms with Crippen molar-refractivity contribution in [3.63, 3.8) is 0 Å². The minimum absolute atomic E-state index is 0.163. The third-order valence-corrected chi connectivity index (χ3v) is 9.56. The minimum atomic E-state index is 0.163. The molecule has 0 saturated carbocycles. The monoisotopic (exact) mass is 481 g/mol. The first-order chi connectivity index (χ1) is 13.8. The number of benzene rings is 2. The van der Waals surface area contributed by atoms with E-state index in [1.807, 2.05) is 0 Å². The third-order valence-electron chi connectivity index (χ3n) is 5.98. The van der Waals surface area contributed by atoms with E-state index in [-0.39, 0.29) is 21.2 Å². The van der Waals surface area contributed by atoms with Crippen molar-refractivity contribution in [2.24, 2.45) is 0 Å². The van der Waals surface area contributed by atoms with Crippen LogP contribution in [0.5, 0.6) is 0 Å². The molecule has 0 radical (unpaired) electrons. The molecule has 0 N–H and O–H groups in total. The van der Waals surface area contributed by atoms with Crippen LogP contribution in [0.4, 0.5) is 23.0 Å². The number of alkyl halides is 2. The second kappa shape index (κ2) is 6.17. The van der Waals surface area contributed by atoms with Crippen molar-refractivity contribution in [1.82, 2.24) is 9.97 Å². The number of aromatic nitrogens is 2. The molecule has 1 fully saturated rings. The first-order valence-corrected chi connectivity index (χ1v) is 12.5. The van der Waals surface area contributed by atoms with Crippen molar-refractivity contribution >= 4 is 23.0 Å². The third kappa shape index (κ3) is 2.22. The fraction of sp³-hybridized carbons (Fsp3) is 0.304. The van der Waals surface area contributed by atoms with Gasteiger partial charge in [0, 0.05) is 0 Å². The van der Waals surface area contributed by atoms with Crippen molar-refractivity contribution in [1.29, 1.82) is 0 Å². The van der Waals surface area contributed by atoms with Gasteiger partial charge in [0.1, 0.15) is 0 Å². The first-order valence-electron chi connectivity index (χ1n) is 10.1. The topological polar surface area (TPSA) is 32.3 Å². The van der Waals surface area contributed by atoms with Crippen LogP contribution in [0.1, 0.15) is 34.7 Å². The van der Waals surface area contributed by atoms with Gasteiger partial charge in [-0.3, -0.25) is 0 Å². The average Bonchev–Trinajstić information content (AvgIpc) is 3.49. The summed E-state index contributed by atoms with van der Waals surface area (Å²) in [6, 6.07) is 19.7. The molecule has 0 bridgehead atoms. The molecule has 3 atom stereocenters. The Morgan fingerprint density at radius 1 is 0.821 bits per heavy atom.